The van der Waals surface area contributed by atoms with Crippen LogP contribution in [-0.4, -0.2) is 54.3 Å². The fraction of sp³-hybridized carbons (Fsp3) is 0.680. The molecule has 0 atom stereocenters. The SMILES string of the molecule is Nc1ccc(CN2CCN(C(=O)CNC(=O)CC34CC5CC(CC(C5)C3)C4)CC2)cc1Cl. The molecule has 6 nitrogen and oxygen atoms in total. The number of carbonyl (C=O) groups excluding carboxylic acids is 2. The number of nitrogens with zero attached hydrogens (tertiary/aromatic N) is 2. The van der Waals surface area contributed by atoms with Gasteiger partial charge in [0.25, 0.3) is 0 Å². The second-order valence-electron chi connectivity index (χ2n) is 10.9. The van der Waals surface area contributed by atoms with Gasteiger partial charge in [0.2, 0.25) is 11.8 Å². The average Bonchev–Trinajstić information content (AvgIpc) is 2.74. The normalized spacial score (nSPS) is 31.7. The van der Waals surface area contributed by atoms with Gasteiger partial charge in [-0.3, -0.25) is 14.5 Å². The first-order valence-corrected chi connectivity index (χ1v) is 12.6. The number of rotatable bonds is 6. The molecule has 0 radical (unpaired) electrons. The van der Waals surface area contributed by atoms with Crippen LogP contribution >= 0.6 is 11.6 Å². The molecule has 1 heterocycles. The largest absolute Gasteiger partial charge is 0.398 e. The molecular weight excluding hydrogens is 424 g/mol. The molecule has 4 saturated carbocycles. The lowest BCUT2D eigenvalue weighted by molar-refractivity contribution is -0.136. The molecule has 6 rings (SSSR count). The lowest BCUT2D eigenvalue weighted by Gasteiger charge is -2.56. The number of anilines is 1. The Kier molecular flexibility index (Phi) is 6.10. The Hall–Kier alpha value is -1.79. The monoisotopic (exact) mass is 458 g/mol. The lowest BCUT2D eigenvalue weighted by Crippen LogP contribution is -2.51. The zero-order chi connectivity index (χ0) is 22.3. The van der Waals surface area contributed by atoms with Gasteiger partial charge in [0, 0.05) is 39.1 Å². The van der Waals surface area contributed by atoms with Crippen LogP contribution in [0.5, 0.6) is 0 Å². The van der Waals surface area contributed by atoms with Crippen molar-refractivity contribution < 1.29 is 9.59 Å². The smallest absolute Gasteiger partial charge is 0.242 e. The second kappa shape index (κ2) is 8.86. The van der Waals surface area contributed by atoms with E-state index >= 15 is 0 Å². The van der Waals surface area contributed by atoms with Gasteiger partial charge >= 0.3 is 0 Å². The maximum Gasteiger partial charge on any atom is 0.242 e. The minimum Gasteiger partial charge on any atom is -0.398 e. The molecule has 5 aliphatic rings. The van der Waals surface area contributed by atoms with Crippen molar-refractivity contribution in [3.63, 3.8) is 0 Å². The molecule has 1 saturated heterocycles. The Morgan fingerprint density at radius 3 is 2.25 bits per heavy atom. The molecule has 4 bridgehead atoms. The third-order valence-corrected chi connectivity index (χ3v) is 8.66. The predicted octanol–water partition coefficient (Wildman–Crippen LogP) is 3.29. The minimum atomic E-state index is 0.0269. The number of nitrogens with one attached hydrogen (secondary N) is 1. The van der Waals surface area contributed by atoms with Crippen LogP contribution in [0.15, 0.2) is 18.2 Å². The summed E-state index contributed by atoms with van der Waals surface area (Å²) in [4.78, 5) is 29.6. The molecule has 1 aromatic carbocycles. The van der Waals surface area contributed by atoms with Crippen molar-refractivity contribution in [2.75, 3.05) is 38.5 Å². The van der Waals surface area contributed by atoms with Crippen molar-refractivity contribution in [3.8, 4) is 0 Å². The fourth-order valence-electron chi connectivity index (χ4n) is 7.28. The number of nitrogen functional groups attached to an aromatic ring is 1. The molecule has 5 fully saturated rings. The van der Waals surface area contributed by atoms with Gasteiger partial charge in [-0.05, 0) is 79.4 Å². The van der Waals surface area contributed by atoms with Crippen LogP contribution in [0.1, 0.15) is 50.5 Å². The van der Waals surface area contributed by atoms with Gasteiger partial charge in [-0.25, -0.2) is 0 Å². The Morgan fingerprint density at radius 2 is 1.66 bits per heavy atom. The van der Waals surface area contributed by atoms with Crippen LogP contribution in [-0.2, 0) is 16.1 Å². The van der Waals surface area contributed by atoms with Gasteiger partial charge in [0.15, 0.2) is 0 Å². The van der Waals surface area contributed by atoms with E-state index in [1.165, 1.54) is 38.5 Å². The molecule has 174 valence electrons. The Morgan fingerprint density at radius 1 is 1.03 bits per heavy atom. The zero-order valence-electron chi connectivity index (χ0n) is 18.8. The highest BCUT2D eigenvalue weighted by Gasteiger charge is 2.51. The third-order valence-electron chi connectivity index (χ3n) is 8.33. The van der Waals surface area contributed by atoms with E-state index in [-0.39, 0.29) is 23.8 Å². The van der Waals surface area contributed by atoms with E-state index in [4.69, 9.17) is 17.3 Å². The van der Waals surface area contributed by atoms with Crippen LogP contribution in [0.3, 0.4) is 0 Å². The van der Waals surface area contributed by atoms with Crippen molar-refractivity contribution >= 4 is 29.1 Å². The number of piperazine rings is 1. The summed E-state index contributed by atoms with van der Waals surface area (Å²) in [5, 5.41) is 3.53. The number of halogens is 1. The molecule has 1 aliphatic heterocycles. The Bertz CT molecular complexity index is 845. The first-order chi connectivity index (χ1) is 15.4. The van der Waals surface area contributed by atoms with Crippen molar-refractivity contribution in [3.05, 3.63) is 28.8 Å². The molecule has 32 heavy (non-hydrogen) atoms. The summed E-state index contributed by atoms with van der Waals surface area (Å²) in [6.07, 6.45) is 8.44. The van der Waals surface area contributed by atoms with E-state index in [9.17, 15) is 9.59 Å². The van der Waals surface area contributed by atoms with Gasteiger partial charge in [-0.2, -0.15) is 0 Å². The molecule has 3 N–H and O–H groups in total. The van der Waals surface area contributed by atoms with Gasteiger partial charge in [-0.1, -0.05) is 17.7 Å². The minimum absolute atomic E-state index is 0.0269. The summed E-state index contributed by atoms with van der Waals surface area (Å²) < 4.78 is 0. The van der Waals surface area contributed by atoms with Gasteiger partial charge < -0.3 is 16.0 Å². The number of hydrogen-bond acceptors (Lipinski definition) is 4. The molecule has 0 aromatic heterocycles. The number of benzene rings is 1. The number of hydrogen-bond donors (Lipinski definition) is 2. The van der Waals surface area contributed by atoms with E-state index < -0.39 is 0 Å². The molecular formula is C25H35ClN4O2. The van der Waals surface area contributed by atoms with Gasteiger partial charge in [-0.15, -0.1) is 0 Å². The number of amides is 2. The average molecular weight is 459 g/mol. The van der Waals surface area contributed by atoms with Crippen LogP contribution in [0.4, 0.5) is 5.69 Å². The lowest BCUT2D eigenvalue weighted by atomic mass is 9.49. The van der Waals surface area contributed by atoms with Crippen LogP contribution in [0.25, 0.3) is 0 Å². The van der Waals surface area contributed by atoms with Crippen molar-refractivity contribution in [2.45, 2.75) is 51.5 Å². The van der Waals surface area contributed by atoms with Crippen molar-refractivity contribution in [1.29, 1.82) is 0 Å². The molecule has 0 unspecified atom stereocenters. The second-order valence-corrected chi connectivity index (χ2v) is 11.3. The van der Waals surface area contributed by atoms with Crippen molar-refractivity contribution in [1.82, 2.24) is 15.1 Å². The van der Waals surface area contributed by atoms with E-state index in [2.05, 4.69) is 10.2 Å². The summed E-state index contributed by atoms with van der Waals surface area (Å²) in [5.41, 5.74) is 7.73. The van der Waals surface area contributed by atoms with E-state index in [0.717, 1.165) is 43.0 Å². The summed E-state index contributed by atoms with van der Waals surface area (Å²) in [5.74, 6) is 2.63. The van der Waals surface area contributed by atoms with E-state index in [0.29, 0.717) is 30.2 Å². The number of carbonyl (C=O) groups is 2. The third kappa shape index (κ3) is 4.76. The van der Waals surface area contributed by atoms with Crippen LogP contribution in [0.2, 0.25) is 5.02 Å². The van der Waals surface area contributed by atoms with Gasteiger partial charge in [0.1, 0.15) is 0 Å². The summed E-state index contributed by atoms with van der Waals surface area (Å²) in [7, 11) is 0. The summed E-state index contributed by atoms with van der Waals surface area (Å²) in [6.45, 7) is 3.92. The van der Waals surface area contributed by atoms with E-state index in [1.54, 1.807) is 0 Å². The molecule has 0 spiro atoms. The Labute approximate surface area is 195 Å². The maximum absolute atomic E-state index is 12.7. The first-order valence-electron chi connectivity index (χ1n) is 12.2. The fourth-order valence-corrected chi connectivity index (χ4v) is 7.48. The topological polar surface area (TPSA) is 78.7 Å². The van der Waals surface area contributed by atoms with Gasteiger partial charge in [0.05, 0.1) is 17.3 Å². The Balaban J connectivity index is 1.05. The summed E-state index contributed by atoms with van der Waals surface area (Å²) in [6, 6.07) is 5.75. The summed E-state index contributed by atoms with van der Waals surface area (Å²) >= 11 is 6.12. The van der Waals surface area contributed by atoms with E-state index in [1.807, 2.05) is 23.1 Å². The maximum atomic E-state index is 12.7. The standard InChI is InChI=1S/C25H35ClN4O2/c26-21-10-17(1-2-22(21)27)16-29-3-5-30(6-4-29)24(32)15-28-23(31)14-25-11-18-7-19(12-25)9-20(8-18)13-25/h1-2,10,18-20H,3-9,11-16,27H2,(H,28,31). The number of nitrogens with two attached hydrogens (primary N) is 1. The van der Waals surface area contributed by atoms with Crippen LogP contribution in [0, 0.1) is 23.2 Å². The van der Waals surface area contributed by atoms with Crippen molar-refractivity contribution in [2.24, 2.45) is 23.2 Å². The molecule has 2 amide bonds. The molecule has 1 aromatic rings. The quantitative estimate of drug-likeness (QED) is 0.641. The zero-order valence-corrected chi connectivity index (χ0v) is 19.6. The molecule has 4 aliphatic carbocycles. The highest BCUT2D eigenvalue weighted by Crippen LogP contribution is 2.61. The first kappa shape index (κ1) is 22.0. The molecule has 7 heteroatoms. The predicted molar refractivity (Wildman–Crippen MR) is 126 cm³/mol. The highest BCUT2D eigenvalue weighted by atomic mass is 35.5. The highest BCUT2D eigenvalue weighted by molar-refractivity contribution is 6.33. The van der Waals surface area contributed by atoms with Crippen LogP contribution < -0.4 is 11.1 Å².